The Labute approximate surface area is 132 Å². The molecule has 1 aliphatic rings. The first kappa shape index (κ1) is 14.4. The monoisotopic (exact) mass is 320 g/mol. The summed E-state index contributed by atoms with van der Waals surface area (Å²) in [6, 6.07) is 7.34. The molecule has 0 aliphatic carbocycles. The number of nitrogens with zero attached hydrogens (tertiary/aromatic N) is 2. The van der Waals surface area contributed by atoms with E-state index in [4.69, 9.17) is 0 Å². The normalized spacial score (nSPS) is 15.6. The quantitative estimate of drug-likeness (QED) is 0.496. The van der Waals surface area contributed by atoms with E-state index < -0.39 is 0 Å². The van der Waals surface area contributed by atoms with Crippen LogP contribution >= 0.6 is 23.1 Å². The molecule has 0 radical (unpaired) electrons. The summed E-state index contributed by atoms with van der Waals surface area (Å²) in [5.74, 6) is 0.0979. The van der Waals surface area contributed by atoms with Gasteiger partial charge in [-0.3, -0.25) is 4.79 Å². The Morgan fingerprint density at radius 3 is 3.14 bits per heavy atom. The molecule has 1 aliphatic heterocycles. The molecule has 0 fully saturated rings. The van der Waals surface area contributed by atoms with Crippen molar-refractivity contribution in [2.24, 2.45) is 0 Å². The molecule has 0 saturated carbocycles. The van der Waals surface area contributed by atoms with Gasteiger partial charge >= 0.3 is 0 Å². The first-order valence-corrected chi connectivity index (χ1v) is 8.60. The van der Waals surface area contributed by atoms with Crippen molar-refractivity contribution in [3.05, 3.63) is 51.5 Å². The van der Waals surface area contributed by atoms with Gasteiger partial charge in [-0.1, -0.05) is 0 Å². The van der Waals surface area contributed by atoms with Gasteiger partial charge in [-0.25, -0.2) is 0 Å². The van der Waals surface area contributed by atoms with Crippen molar-refractivity contribution in [1.29, 1.82) is 0 Å². The first-order chi connectivity index (χ1) is 10.1. The third-order valence-corrected chi connectivity index (χ3v) is 5.69. The molecule has 0 spiro atoms. The van der Waals surface area contributed by atoms with Crippen LogP contribution in [0, 0.1) is 5.21 Å². The van der Waals surface area contributed by atoms with Crippen LogP contribution in [0.3, 0.4) is 0 Å². The summed E-state index contributed by atoms with van der Waals surface area (Å²) in [5, 5.41) is 14.0. The second-order valence-electron chi connectivity index (χ2n) is 5.00. The fourth-order valence-electron chi connectivity index (χ4n) is 2.43. The lowest BCUT2D eigenvalue weighted by atomic mass is 10.1. The van der Waals surface area contributed by atoms with E-state index in [2.05, 4.69) is 11.4 Å². The summed E-state index contributed by atoms with van der Waals surface area (Å²) in [6.45, 7) is 3.32. The smallest absolute Gasteiger partial charge is 0.252 e. The van der Waals surface area contributed by atoms with Crippen molar-refractivity contribution in [3.63, 3.8) is 0 Å². The fraction of sp³-hybridized carbons (Fsp3) is 0.333. The molecule has 0 N–H and O–H groups in total. The van der Waals surface area contributed by atoms with E-state index in [1.54, 1.807) is 23.5 Å². The highest BCUT2D eigenvalue weighted by Crippen LogP contribution is 2.27. The van der Waals surface area contributed by atoms with Gasteiger partial charge in [0.25, 0.3) is 5.03 Å². The average molecular weight is 320 g/mol. The van der Waals surface area contributed by atoms with Crippen LogP contribution in [0.5, 0.6) is 0 Å². The largest absolute Gasteiger partial charge is 0.618 e. The Balaban J connectivity index is 1.67. The number of carbonyl (C=O) groups is 1. The van der Waals surface area contributed by atoms with Gasteiger partial charge in [-0.05, 0) is 48.2 Å². The van der Waals surface area contributed by atoms with Gasteiger partial charge in [-0.15, -0.1) is 11.3 Å². The maximum atomic E-state index is 12.5. The van der Waals surface area contributed by atoms with Crippen molar-refractivity contribution >= 4 is 29.0 Å². The summed E-state index contributed by atoms with van der Waals surface area (Å²) in [7, 11) is 0. The van der Waals surface area contributed by atoms with E-state index in [1.165, 1.54) is 28.4 Å². The number of thiophene rings is 1. The number of carbonyl (C=O) groups excluding carboxylic acids is 1. The van der Waals surface area contributed by atoms with Crippen LogP contribution in [0.15, 0.2) is 40.9 Å². The molecule has 0 unspecified atom stereocenters. The third-order valence-electron chi connectivity index (χ3n) is 3.55. The van der Waals surface area contributed by atoms with Gasteiger partial charge in [-0.2, -0.15) is 4.73 Å². The van der Waals surface area contributed by atoms with Crippen molar-refractivity contribution in [3.8, 4) is 0 Å². The molecular formula is C15H16N2O2S2. The summed E-state index contributed by atoms with van der Waals surface area (Å²) in [4.78, 5) is 15.8. The van der Waals surface area contributed by atoms with Crippen molar-refractivity contribution < 1.29 is 9.52 Å². The number of hydrogen-bond donors (Lipinski definition) is 0. The minimum atomic E-state index is -0.257. The Kier molecular flexibility index (Phi) is 4.17. The second kappa shape index (κ2) is 6.07. The Morgan fingerprint density at radius 2 is 2.33 bits per heavy atom. The molecule has 4 nitrogen and oxygen atoms in total. The molecule has 0 aromatic carbocycles. The molecule has 1 amide bonds. The van der Waals surface area contributed by atoms with E-state index >= 15 is 0 Å². The van der Waals surface area contributed by atoms with Gasteiger partial charge in [0.05, 0.1) is 5.25 Å². The predicted molar refractivity (Wildman–Crippen MR) is 84.2 cm³/mol. The lowest BCUT2D eigenvalue weighted by Crippen LogP contribution is -2.40. The number of pyridine rings is 1. The Bertz CT molecular complexity index is 657. The number of amides is 1. The van der Waals surface area contributed by atoms with Crippen molar-refractivity contribution in [2.75, 3.05) is 6.54 Å². The number of fused-ring (bicyclic) bond motifs is 1. The van der Waals surface area contributed by atoms with Crippen LogP contribution in [0.25, 0.3) is 0 Å². The standard InChI is InChI=1S/C15H16N2O2S2/c1-11(21-14-4-2-3-7-17(14)19)15(18)16-8-5-13-12(10-16)6-9-20-13/h2-4,6-7,9,11H,5,8,10H2,1H3/t11-/m1/s1. The van der Waals surface area contributed by atoms with Crippen LogP contribution in [0.2, 0.25) is 0 Å². The minimum Gasteiger partial charge on any atom is -0.618 e. The third kappa shape index (κ3) is 3.06. The van der Waals surface area contributed by atoms with E-state index in [9.17, 15) is 10.0 Å². The van der Waals surface area contributed by atoms with Gasteiger partial charge in [0.1, 0.15) is 0 Å². The maximum Gasteiger partial charge on any atom is 0.252 e. The zero-order valence-electron chi connectivity index (χ0n) is 11.7. The van der Waals surface area contributed by atoms with Gasteiger partial charge in [0.2, 0.25) is 5.91 Å². The average Bonchev–Trinajstić information content (AvgIpc) is 2.96. The molecule has 2 aromatic rings. The summed E-state index contributed by atoms with van der Waals surface area (Å²) < 4.78 is 0.807. The number of aromatic nitrogens is 1. The van der Waals surface area contributed by atoms with Crippen molar-refractivity contribution in [1.82, 2.24) is 4.90 Å². The molecule has 110 valence electrons. The van der Waals surface area contributed by atoms with E-state index in [1.807, 2.05) is 17.9 Å². The van der Waals surface area contributed by atoms with Crippen LogP contribution in [0.1, 0.15) is 17.4 Å². The molecular weight excluding hydrogens is 304 g/mol. The highest BCUT2D eigenvalue weighted by atomic mass is 32.2. The van der Waals surface area contributed by atoms with Crippen LogP contribution < -0.4 is 4.73 Å². The van der Waals surface area contributed by atoms with E-state index in [0.29, 0.717) is 11.6 Å². The van der Waals surface area contributed by atoms with Gasteiger partial charge in [0, 0.05) is 30.1 Å². The molecule has 6 heteroatoms. The zero-order chi connectivity index (χ0) is 14.8. The van der Waals surface area contributed by atoms with E-state index in [-0.39, 0.29) is 11.2 Å². The molecule has 0 saturated heterocycles. The second-order valence-corrected chi connectivity index (χ2v) is 7.37. The van der Waals surface area contributed by atoms with Gasteiger partial charge in [0.15, 0.2) is 6.20 Å². The predicted octanol–water partition coefficient (Wildman–Crippen LogP) is 2.45. The molecule has 21 heavy (non-hydrogen) atoms. The summed E-state index contributed by atoms with van der Waals surface area (Å²) in [5.41, 5.74) is 1.26. The number of rotatable bonds is 3. The lowest BCUT2D eigenvalue weighted by Gasteiger charge is -2.29. The minimum absolute atomic E-state index is 0.0979. The summed E-state index contributed by atoms with van der Waals surface area (Å²) >= 11 is 3.08. The fourth-order valence-corrected chi connectivity index (χ4v) is 4.25. The van der Waals surface area contributed by atoms with Crippen LogP contribution in [-0.2, 0) is 17.8 Å². The van der Waals surface area contributed by atoms with Crippen LogP contribution in [-0.4, -0.2) is 22.6 Å². The maximum absolute atomic E-state index is 12.5. The SMILES string of the molecule is C[C@@H](Sc1cccc[n+]1[O-])C(=O)N1CCc2sccc2C1. The topological polar surface area (TPSA) is 47.2 Å². The number of hydrogen-bond acceptors (Lipinski definition) is 4. The molecule has 3 heterocycles. The molecule has 2 aromatic heterocycles. The highest BCUT2D eigenvalue weighted by molar-refractivity contribution is 8.00. The van der Waals surface area contributed by atoms with Gasteiger partial charge < -0.3 is 10.1 Å². The van der Waals surface area contributed by atoms with Crippen molar-refractivity contribution in [2.45, 2.75) is 30.2 Å². The highest BCUT2D eigenvalue weighted by Gasteiger charge is 2.27. The molecule has 0 bridgehead atoms. The lowest BCUT2D eigenvalue weighted by molar-refractivity contribution is -0.645. The molecule has 1 atom stereocenters. The molecule has 3 rings (SSSR count). The zero-order valence-corrected chi connectivity index (χ0v) is 13.3. The first-order valence-electron chi connectivity index (χ1n) is 6.84. The Morgan fingerprint density at radius 1 is 1.48 bits per heavy atom. The summed E-state index contributed by atoms with van der Waals surface area (Å²) in [6.07, 6.45) is 2.39. The Hall–Kier alpha value is -1.53. The number of thioether (sulfide) groups is 1. The van der Waals surface area contributed by atoms with Crippen LogP contribution in [0.4, 0.5) is 0 Å². The van der Waals surface area contributed by atoms with E-state index in [0.717, 1.165) is 17.7 Å².